The number of fused-ring (bicyclic) bond motifs is 9. The molecule has 0 bridgehead atoms. The quantitative estimate of drug-likeness (QED) is 0.182. The Balaban J connectivity index is 1.53. The summed E-state index contributed by atoms with van der Waals surface area (Å²) < 4.78 is 8.65. The standard InChI is InChI=1S/C37H22Br2O/c38-27-13-17-35-33(21-27)37(34-22-28(39)14-18-36(34)40-35)31-19-25(23-7-3-1-4-8-23)11-15-29(31)30-16-12-26(20-32(30)37)24-9-5-2-6-10-24/h1-22H. The van der Waals surface area contributed by atoms with Gasteiger partial charge in [0.1, 0.15) is 11.5 Å². The topological polar surface area (TPSA) is 9.23 Å². The molecule has 1 spiro atoms. The molecule has 0 unspecified atom stereocenters. The smallest absolute Gasteiger partial charge is 0.132 e. The maximum Gasteiger partial charge on any atom is 0.132 e. The molecule has 1 nitrogen and oxygen atoms in total. The second-order valence-electron chi connectivity index (χ2n) is 10.4. The van der Waals surface area contributed by atoms with Gasteiger partial charge in [0.25, 0.3) is 0 Å². The van der Waals surface area contributed by atoms with Crippen LogP contribution in [-0.4, -0.2) is 0 Å². The highest BCUT2D eigenvalue weighted by Crippen LogP contribution is 2.63. The molecule has 1 aliphatic heterocycles. The maximum atomic E-state index is 6.59. The summed E-state index contributed by atoms with van der Waals surface area (Å²) in [5.74, 6) is 1.76. The number of hydrogen-bond acceptors (Lipinski definition) is 1. The van der Waals surface area contributed by atoms with Crippen molar-refractivity contribution in [1.29, 1.82) is 0 Å². The third kappa shape index (κ3) is 3.44. The third-order valence-electron chi connectivity index (χ3n) is 8.26. The molecule has 1 aliphatic carbocycles. The van der Waals surface area contributed by atoms with Crippen molar-refractivity contribution in [2.75, 3.05) is 0 Å². The Hall–Kier alpha value is -3.92. The molecule has 190 valence electrons. The summed E-state index contributed by atoms with van der Waals surface area (Å²) in [7, 11) is 0. The van der Waals surface area contributed by atoms with Crippen molar-refractivity contribution < 1.29 is 4.74 Å². The molecule has 6 aromatic carbocycles. The van der Waals surface area contributed by atoms with Crippen molar-refractivity contribution in [3.05, 3.63) is 165 Å². The Kier molecular flexibility index (Phi) is 5.42. The first-order valence-electron chi connectivity index (χ1n) is 13.3. The van der Waals surface area contributed by atoms with E-state index in [1.54, 1.807) is 0 Å². The maximum absolute atomic E-state index is 6.59. The Morgan fingerprint density at radius 2 is 0.850 bits per heavy atom. The summed E-state index contributed by atoms with van der Waals surface area (Å²) in [6.45, 7) is 0. The first kappa shape index (κ1) is 23.9. The molecular weight excluding hydrogens is 620 g/mol. The second-order valence-corrected chi connectivity index (χ2v) is 12.2. The van der Waals surface area contributed by atoms with Crippen LogP contribution >= 0.6 is 31.9 Å². The van der Waals surface area contributed by atoms with Crippen LogP contribution in [0, 0.1) is 0 Å². The van der Waals surface area contributed by atoms with Crippen LogP contribution in [0.2, 0.25) is 0 Å². The zero-order valence-corrected chi connectivity index (χ0v) is 24.5. The van der Waals surface area contributed by atoms with Gasteiger partial charge in [-0.3, -0.25) is 0 Å². The summed E-state index contributed by atoms with van der Waals surface area (Å²) in [6.07, 6.45) is 0. The van der Waals surface area contributed by atoms with Crippen LogP contribution in [0.4, 0.5) is 0 Å². The fourth-order valence-electron chi connectivity index (χ4n) is 6.56. The van der Waals surface area contributed by atoms with E-state index in [2.05, 4.69) is 165 Å². The van der Waals surface area contributed by atoms with E-state index in [9.17, 15) is 0 Å². The molecule has 0 aromatic heterocycles. The van der Waals surface area contributed by atoms with Gasteiger partial charge in [0.05, 0.1) is 5.41 Å². The van der Waals surface area contributed by atoms with Gasteiger partial charge in [0.15, 0.2) is 0 Å². The van der Waals surface area contributed by atoms with Gasteiger partial charge in [0.2, 0.25) is 0 Å². The normalized spacial score (nSPS) is 13.7. The van der Waals surface area contributed by atoms with E-state index in [1.165, 1.54) is 44.5 Å². The number of hydrogen-bond donors (Lipinski definition) is 0. The lowest BCUT2D eigenvalue weighted by molar-refractivity contribution is 0.436. The Morgan fingerprint density at radius 1 is 0.400 bits per heavy atom. The van der Waals surface area contributed by atoms with E-state index < -0.39 is 5.41 Å². The number of halogens is 2. The van der Waals surface area contributed by atoms with Crippen molar-refractivity contribution in [2.24, 2.45) is 0 Å². The van der Waals surface area contributed by atoms with E-state index in [4.69, 9.17) is 4.74 Å². The molecule has 8 rings (SSSR count). The Bertz CT molecular complexity index is 1800. The van der Waals surface area contributed by atoms with Gasteiger partial charge in [0, 0.05) is 20.1 Å². The lowest BCUT2D eigenvalue weighted by Gasteiger charge is -2.40. The van der Waals surface area contributed by atoms with Gasteiger partial charge < -0.3 is 4.74 Å². The predicted octanol–water partition coefficient (Wildman–Crippen LogP) is 11.0. The highest BCUT2D eigenvalue weighted by atomic mass is 79.9. The van der Waals surface area contributed by atoms with Crippen LogP contribution in [0.5, 0.6) is 11.5 Å². The van der Waals surface area contributed by atoms with Gasteiger partial charge in [-0.05, 0) is 93.0 Å². The summed E-state index contributed by atoms with van der Waals surface area (Å²) in [4.78, 5) is 0. The predicted molar refractivity (Wildman–Crippen MR) is 170 cm³/mol. The first-order chi connectivity index (χ1) is 19.6. The van der Waals surface area contributed by atoms with Gasteiger partial charge >= 0.3 is 0 Å². The van der Waals surface area contributed by atoms with Crippen molar-refractivity contribution in [1.82, 2.24) is 0 Å². The lowest BCUT2D eigenvalue weighted by Crippen LogP contribution is -2.32. The van der Waals surface area contributed by atoms with Crippen LogP contribution < -0.4 is 4.74 Å². The SMILES string of the molecule is Brc1ccc2c(c1)C1(c3cc(Br)ccc3O2)c2cc(-c3ccccc3)ccc2-c2ccc(-c3ccccc3)cc21. The largest absolute Gasteiger partial charge is 0.457 e. The molecule has 0 radical (unpaired) electrons. The van der Waals surface area contributed by atoms with E-state index >= 15 is 0 Å². The average Bonchev–Trinajstić information content (AvgIpc) is 3.28. The van der Waals surface area contributed by atoms with Crippen molar-refractivity contribution >= 4 is 31.9 Å². The number of ether oxygens (including phenoxy) is 1. The lowest BCUT2D eigenvalue weighted by atomic mass is 9.65. The van der Waals surface area contributed by atoms with Crippen LogP contribution in [-0.2, 0) is 5.41 Å². The molecule has 1 heterocycles. The summed E-state index contributed by atoms with van der Waals surface area (Å²) >= 11 is 7.59. The van der Waals surface area contributed by atoms with E-state index in [0.29, 0.717) is 0 Å². The van der Waals surface area contributed by atoms with E-state index in [1.807, 2.05) is 0 Å². The summed E-state index contributed by atoms with van der Waals surface area (Å²) in [5, 5.41) is 0. The van der Waals surface area contributed by atoms with Gasteiger partial charge in [-0.25, -0.2) is 0 Å². The molecule has 3 heteroatoms. The highest BCUT2D eigenvalue weighted by molar-refractivity contribution is 9.10. The third-order valence-corrected chi connectivity index (χ3v) is 9.25. The minimum Gasteiger partial charge on any atom is -0.457 e. The van der Waals surface area contributed by atoms with E-state index in [-0.39, 0.29) is 0 Å². The van der Waals surface area contributed by atoms with Crippen molar-refractivity contribution in [3.8, 4) is 44.9 Å². The molecule has 40 heavy (non-hydrogen) atoms. The average molecular weight is 642 g/mol. The van der Waals surface area contributed by atoms with Gasteiger partial charge in [-0.2, -0.15) is 0 Å². The number of rotatable bonds is 2. The molecule has 0 saturated heterocycles. The van der Waals surface area contributed by atoms with Crippen LogP contribution in [0.25, 0.3) is 33.4 Å². The van der Waals surface area contributed by atoms with Gasteiger partial charge in [-0.1, -0.05) is 117 Å². The van der Waals surface area contributed by atoms with Crippen molar-refractivity contribution in [3.63, 3.8) is 0 Å². The molecule has 0 atom stereocenters. The molecule has 0 amide bonds. The van der Waals surface area contributed by atoms with Crippen LogP contribution in [0.15, 0.2) is 142 Å². The van der Waals surface area contributed by atoms with Gasteiger partial charge in [-0.15, -0.1) is 0 Å². The molecule has 6 aromatic rings. The summed E-state index contributed by atoms with van der Waals surface area (Å²) in [5.41, 5.74) is 11.6. The summed E-state index contributed by atoms with van der Waals surface area (Å²) in [6, 6.07) is 48.0. The number of benzene rings is 6. The molecular formula is C37H22Br2O. The minimum absolute atomic E-state index is 0.559. The molecule has 2 aliphatic rings. The molecule has 0 fully saturated rings. The minimum atomic E-state index is -0.559. The highest BCUT2D eigenvalue weighted by Gasteiger charge is 2.51. The fourth-order valence-corrected chi connectivity index (χ4v) is 7.28. The van der Waals surface area contributed by atoms with E-state index in [0.717, 1.165) is 31.6 Å². The van der Waals surface area contributed by atoms with Crippen molar-refractivity contribution in [2.45, 2.75) is 5.41 Å². The molecule has 0 N–H and O–H groups in total. The zero-order valence-electron chi connectivity index (χ0n) is 21.4. The molecule has 0 saturated carbocycles. The fraction of sp³-hybridized carbons (Fsp3) is 0.0270. The monoisotopic (exact) mass is 640 g/mol. The van der Waals surface area contributed by atoms with Crippen LogP contribution in [0.1, 0.15) is 22.3 Å². The second kappa shape index (κ2) is 9.05. The zero-order chi connectivity index (χ0) is 26.8. The van der Waals surface area contributed by atoms with Crippen LogP contribution in [0.3, 0.4) is 0 Å². The first-order valence-corrected chi connectivity index (χ1v) is 14.9. The Labute approximate surface area is 250 Å². The Morgan fingerprint density at radius 3 is 1.30 bits per heavy atom.